The van der Waals surface area contributed by atoms with Crippen LogP contribution in [0.3, 0.4) is 0 Å². The molecule has 4 heteroatoms. The lowest BCUT2D eigenvalue weighted by Crippen LogP contribution is -2.59. The highest BCUT2D eigenvalue weighted by atomic mass is 16.5. The summed E-state index contributed by atoms with van der Waals surface area (Å²) in [6.45, 7) is 9.43. The molecule has 1 rings (SSSR count). The van der Waals surface area contributed by atoms with Crippen LogP contribution in [0, 0.1) is 0 Å². The number of piperazine rings is 1. The maximum atomic E-state index is 5.63. The van der Waals surface area contributed by atoms with Crippen LogP contribution in [0.5, 0.6) is 0 Å². The van der Waals surface area contributed by atoms with Gasteiger partial charge >= 0.3 is 0 Å². The van der Waals surface area contributed by atoms with Gasteiger partial charge in [0.15, 0.2) is 0 Å². The Morgan fingerprint density at radius 3 is 2.53 bits per heavy atom. The molecule has 0 aromatic rings. The lowest BCUT2D eigenvalue weighted by atomic mass is 9.99. The SMILES string of the molecule is COC(CN)CN1CCN(C)C(C)(C)C1. The molecular formula is C11H25N3O. The van der Waals surface area contributed by atoms with Gasteiger partial charge in [0.2, 0.25) is 0 Å². The van der Waals surface area contributed by atoms with Crippen LogP contribution >= 0.6 is 0 Å². The van der Waals surface area contributed by atoms with Gasteiger partial charge < -0.3 is 10.5 Å². The highest BCUT2D eigenvalue weighted by molar-refractivity contribution is 4.88. The van der Waals surface area contributed by atoms with Gasteiger partial charge in [-0.2, -0.15) is 0 Å². The Labute approximate surface area is 93.4 Å². The minimum absolute atomic E-state index is 0.171. The molecular weight excluding hydrogens is 190 g/mol. The van der Waals surface area contributed by atoms with Gasteiger partial charge in [-0.1, -0.05) is 0 Å². The van der Waals surface area contributed by atoms with Gasteiger partial charge in [-0.05, 0) is 20.9 Å². The van der Waals surface area contributed by atoms with Crippen LogP contribution < -0.4 is 5.73 Å². The molecule has 15 heavy (non-hydrogen) atoms. The first-order valence-electron chi connectivity index (χ1n) is 5.66. The topological polar surface area (TPSA) is 41.7 Å². The summed E-state index contributed by atoms with van der Waals surface area (Å²) in [5.41, 5.74) is 5.89. The quantitative estimate of drug-likeness (QED) is 0.716. The second-order valence-electron chi connectivity index (χ2n) is 5.06. The van der Waals surface area contributed by atoms with E-state index in [-0.39, 0.29) is 11.6 Å². The van der Waals surface area contributed by atoms with Crippen molar-refractivity contribution in [1.82, 2.24) is 9.80 Å². The third-order valence-corrected chi connectivity index (χ3v) is 3.45. The molecule has 1 fully saturated rings. The zero-order valence-corrected chi connectivity index (χ0v) is 10.5. The fraction of sp³-hybridized carbons (Fsp3) is 1.00. The van der Waals surface area contributed by atoms with E-state index >= 15 is 0 Å². The molecule has 0 spiro atoms. The number of methoxy groups -OCH3 is 1. The summed E-state index contributed by atoms with van der Waals surface area (Å²) in [4.78, 5) is 4.86. The molecule has 0 aliphatic carbocycles. The van der Waals surface area contributed by atoms with Crippen molar-refractivity contribution >= 4 is 0 Å². The maximum Gasteiger partial charge on any atom is 0.0820 e. The van der Waals surface area contributed by atoms with Crippen molar-refractivity contribution in [2.24, 2.45) is 5.73 Å². The van der Waals surface area contributed by atoms with E-state index in [1.807, 2.05) is 0 Å². The largest absolute Gasteiger partial charge is 0.379 e. The monoisotopic (exact) mass is 215 g/mol. The first-order valence-corrected chi connectivity index (χ1v) is 5.66. The molecule has 2 N–H and O–H groups in total. The highest BCUT2D eigenvalue weighted by Gasteiger charge is 2.31. The summed E-state index contributed by atoms with van der Waals surface area (Å²) >= 11 is 0. The number of hydrogen-bond donors (Lipinski definition) is 1. The van der Waals surface area contributed by atoms with E-state index in [0.29, 0.717) is 6.54 Å². The van der Waals surface area contributed by atoms with Crippen molar-refractivity contribution in [3.05, 3.63) is 0 Å². The van der Waals surface area contributed by atoms with Crippen LogP contribution in [0.2, 0.25) is 0 Å². The van der Waals surface area contributed by atoms with Crippen molar-refractivity contribution < 1.29 is 4.74 Å². The molecule has 0 aromatic heterocycles. The Hall–Kier alpha value is -0.160. The molecule has 0 amide bonds. The zero-order chi connectivity index (χ0) is 11.5. The number of ether oxygens (including phenoxy) is 1. The summed E-state index contributed by atoms with van der Waals surface area (Å²) in [7, 11) is 3.92. The lowest BCUT2D eigenvalue weighted by Gasteiger charge is -2.46. The van der Waals surface area contributed by atoms with Crippen LogP contribution in [0.4, 0.5) is 0 Å². The second kappa shape index (κ2) is 5.25. The molecule has 0 saturated carbocycles. The maximum absolute atomic E-state index is 5.63. The minimum atomic E-state index is 0.171. The predicted octanol–water partition coefficient (Wildman–Crippen LogP) is -0.0139. The van der Waals surface area contributed by atoms with Gasteiger partial charge in [-0.25, -0.2) is 0 Å². The number of likely N-dealkylation sites (N-methyl/N-ethyl adjacent to an activating group) is 1. The van der Waals surface area contributed by atoms with Crippen LogP contribution in [-0.4, -0.2) is 68.3 Å². The molecule has 4 nitrogen and oxygen atoms in total. The lowest BCUT2D eigenvalue weighted by molar-refractivity contribution is 0.00467. The fourth-order valence-electron chi connectivity index (χ4n) is 2.03. The second-order valence-corrected chi connectivity index (χ2v) is 5.06. The molecule has 1 atom stereocenters. The number of nitrogens with two attached hydrogens (primary N) is 1. The summed E-state index contributed by atoms with van der Waals surface area (Å²) in [5, 5.41) is 0. The number of nitrogens with zero attached hydrogens (tertiary/aromatic N) is 2. The number of hydrogen-bond acceptors (Lipinski definition) is 4. The Kier molecular flexibility index (Phi) is 4.52. The Morgan fingerprint density at radius 2 is 2.07 bits per heavy atom. The van der Waals surface area contributed by atoms with E-state index in [9.17, 15) is 0 Å². The summed E-state index contributed by atoms with van der Waals surface area (Å²) in [6.07, 6.45) is 0.171. The van der Waals surface area contributed by atoms with E-state index in [2.05, 4.69) is 30.7 Å². The van der Waals surface area contributed by atoms with Crippen LogP contribution in [-0.2, 0) is 4.74 Å². The standard InChI is InChI=1S/C11H25N3O/c1-11(2)9-14(6-5-13(11)3)8-10(7-12)15-4/h10H,5-9,12H2,1-4H3. The average Bonchev–Trinajstić information content (AvgIpc) is 2.19. The average molecular weight is 215 g/mol. The van der Waals surface area contributed by atoms with E-state index in [4.69, 9.17) is 10.5 Å². The first kappa shape index (κ1) is 12.9. The summed E-state index contributed by atoms with van der Waals surface area (Å²) in [5.74, 6) is 0. The van der Waals surface area contributed by atoms with E-state index < -0.39 is 0 Å². The van der Waals surface area contributed by atoms with Crippen LogP contribution in [0.15, 0.2) is 0 Å². The molecule has 1 saturated heterocycles. The highest BCUT2D eigenvalue weighted by Crippen LogP contribution is 2.18. The fourth-order valence-corrected chi connectivity index (χ4v) is 2.03. The third kappa shape index (κ3) is 3.41. The molecule has 1 unspecified atom stereocenters. The molecule has 0 radical (unpaired) electrons. The van der Waals surface area contributed by atoms with Gasteiger partial charge in [-0.3, -0.25) is 9.80 Å². The molecule has 0 aromatic carbocycles. The van der Waals surface area contributed by atoms with Crippen molar-refractivity contribution in [2.45, 2.75) is 25.5 Å². The zero-order valence-electron chi connectivity index (χ0n) is 10.5. The smallest absolute Gasteiger partial charge is 0.0820 e. The molecule has 1 aliphatic rings. The van der Waals surface area contributed by atoms with Gasteiger partial charge in [0.1, 0.15) is 0 Å². The van der Waals surface area contributed by atoms with E-state index in [1.165, 1.54) is 0 Å². The number of rotatable bonds is 4. The van der Waals surface area contributed by atoms with Crippen molar-refractivity contribution in [3.8, 4) is 0 Å². The molecule has 0 bridgehead atoms. The van der Waals surface area contributed by atoms with E-state index in [0.717, 1.165) is 26.2 Å². The van der Waals surface area contributed by atoms with Gasteiger partial charge in [0.05, 0.1) is 6.10 Å². The minimum Gasteiger partial charge on any atom is -0.379 e. The summed E-state index contributed by atoms with van der Waals surface area (Å²) in [6, 6.07) is 0. The van der Waals surface area contributed by atoms with E-state index in [1.54, 1.807) is 7.11 Å². The predicted molar refractivity (Wildman–Crippen MR) is 63.0 cm³/mol. The van der Waals surface area contributed by atoms with Gasteiger partial charge in [-0.15, -0.1) is 0 Å². The van der Waals surface area contributed by atoms with Crippen LogP contribution in [0.25, 0.3) is 0 Å². The molecule has 1 heterocycles. The first-order chi connectivity index (χ1) is 6.99. The van der Waals surface area contributed by atoms with Crippen LogP contribution in [0.1, 0.15) is 13.8 Å². The molecule has 90 valence electrons. The van der Waals surface area contributed by atoms with Crippen molar-refractivity contribution in [3.63, 3.8) is 0 Å². The van der Waals surface area contributed by atoms with Gasteiger partial charge in [0, 0.05) is 45.4 Å². The van der Waals surface area contributed by atoms with Gasteiger partial charge in [0.25, 0.3) is 0 Å². The Bertz CT molecular complexity index is 192. The Balaban J connectivity index is 2.45. The normalized spacial score (nSPS) is 25.4. The summed E-state index contributed by atoms with van der Waals surface area (Å²) < 4.78 is 5.32. The molecule has 1 aliphatic heterocycles. The third-order valence-electron chi connectivity index (χ3n) is 3.45. The van der Waals surface area contributed by atoms with Crippen molar-refractivity contribution in [2.75, 3.05) is 46.9 Å². The van der Waals surface area contributed by atoms with Crippen molar-refractivity contribution in [1.29, 1.82) is 0 Å². The Morgan fingerprint density at radius 1 is 1.40 bits per heavy atom.